The largest absolute Gasteiger partial charge is 0.376 e. The number of benzene rings is 3. The van der Waals surface area contributed by atoms with Crippen molar-refractivity contribution < 1.29 is 4.74 Å². The molecule has 0 aromatic heterocycles. The van der Waals surface area contributed by atoms with Crippen molar-refractivity contribution >= 4 is 37.9 Å². The average molecular weight is 484 g/mol. The van der Waals surface area contributed by atoms with Gasteiger partial charge in [0, 0.05) is 20.8 Å². The molecule has 0 saturated carbocycles. The van der Waals surface area contributed by atoms with Crippen LogP contribution in [0.1, 0.15) is 22.6 Å². The minimum atomic E-state index is 0.281. The summed E-state index contributed by atoms with van der Waals surface area (Å²) in [5, 5.41) is 0. The van der Waals surface area contributed by atoms with Gasteiger partial charge in [-0.2, -0.15) is 0 Å². The summed E-state index contributed by atoms with van der Waals surface area (Å²) in [6, 6.07) is 27.9. The fraction of sp³-hybridized carbons (Fsp3) is 0.167. The molecule has 2 atom stereocenters. The van der Waals surface area contributed by atoms with E-state index in [4.69, 9.17) is 4.74 Å². The lowest BCUT2D eigenvalue weighted by atomic mass is 9.78. The Morgan fingerprint density at radius 1 is 0.778 bits per heavy atom. The highest BCUT2D eigenvalue weighted by atomic mass is 79.9. The monoisotopic (exact) mass is 482 g/mol. The number of ether oxygens (including phenoxy) is 1. The van der Waals surface area contributed by atoms with Crippen molar-refractivity contribution in [2.24, 2.45) is 5.92 Å². The van der Waals surface area contributed by atoms with Gasteiger partial charge in [-0.25, -0.2) is 0 Å². The highest BCUT2D eigenvalue weighted by molar-refractivity contribution is 9.10. The molecule has 0 spiro atoms. The van der Waals surface area contributed by atoms with Crippen molar-refractivity contribution in [2.75, 3.05) is 13.2 Å². The molecule has 4 rings (SSSR count). The third-order valence-electron chi connectivity index (χ3n) is 5.05. The standard InChI is InChI=1S/C24H20Br2O/c25-21-10-6-17(7-11-21)14-20-15-27-16-23(20)24(18-4-2-1-3-5-18)19-8-12-22(26)13-9-19/h1-14,23-24H,15-16H2/b20-14-/t23-,24-/m0/s1. The van der Waals surface area contributed by atoms with E-state index in [1.54, 1.807) is 0 Å². The normalized spacial score (nSPS) is 19.3. The maximum atomic E-state index is 5.93. The first-order valence-corrected chi connectivity index (χ1v) is 10.6. The molecule has 1 nitrogen and oxygen atoms in total. The summed E-state index contributed by atoms with van der Waals surface area (Å²) in [7, 11) is 0. The van der Waals surface area contributed by atoms with Gasteiger partial charge >= 0.3 is 0 Å². The first-order valence-electron chi connectivity index (χ1n) is 9.05. The molecule has 3 aromatic carbocycles. The second-order valence-electron chi connectivity index (χ2n) is 6.83. The van der Waals surface area contributed by atoms with E-state index < -0.39 is 0 Å². The average Bonchev–Trinajstić information content (AvgIpc) is 3.14. The summed E-state index contributed by atoms with van der Waals surface area (Å²) in [4.78, 5) is 0. The van der Waals surface area contributed by atoms with E-state index in [1.165, 1.54) is 22.3 Å². The first kappa shape index (κ1) is 18.7. The molecule has 0 unspecified atom stereocenters. The zero-order valence-corrected chi connectivity index (χ0v) is 18.0. The van der Waals surface area contributed by atoms with Gasteiger partial charge in [0.1, 0.15) is 0 Å². The molecule has 1 heterocycles. The van der Waals surface area contributed by atoms with Gasteiger partial charge < -0.3 is 4.74 Å². The molecule has 1 aliphatic rings. The third-order valence-corrected chi connectivity index (χ3v) is 6.11. The lowest BCUT2D eigenvalue weighted by Gasteiger charge is -2.25. The molecule has 3 heteroatoms. The van der Waals surface area contributed by atoms with Crippen molar-refractivity contribution in [2.45, 2.75) is 5.92 Å². The molecule has 3 aromatic rings. The van der Waals surface area contributed by atoms with Crippen LogP contribution in [0.4, 0.5) is 0 Å². The lowest BCUT2D eigenvalue weighted by Crippen LogP contribution is -2.16. The Morgan fingerprint density at radius 2 is 1.37 bits per heavy atom. The lowest BCUT2D eigenvalue weighted by molar-refractivity contribution is 0.184. The molecule has 1 saturated heterocycles. The van der Waals surface area contributed by atoms with Gasteiger partial charge in [-0.05, 0) is 46.5 Å². The summed E-state index contributed by atoms with van der Waals surface area (Å²) in [6.45, 7) is 1.44. The fourth-order valence-corrected chi connectivity index (χ4v) is 4.27. The molecular formula is C24H20Br2O. The smallest absolute Gasteiger partial charge is 0.0684 e. The molecule has 0 aliphatic carbocycles. The molecule has 0 N–H and O–H groups in total. The first-order chi connectivity index (χ1) is 13.2. The van der Waals surface area contributed by atoms with Gasteiger partial charge in [0.25, 0.3) is 0 Å². The maximum Gasteiger partial charge on any atom is 0.0684 e. The van der Waals surface area contributed by atoms with E-state index >= 15 is 0 Å². The van der Waals surface area contributed by atoms with Crippen LogP contribution in [0, 0.1) is 5.92 Å². The van der Waals surface area contributed by atoms with Crippen molar-refractivity contribution in [3.05, 3.63) is 110 Å². The minimum Gasteiger partial charge on any atom is -0.376 e. The predicted octanol–water partition coefficient (Wildman–Crippen LogP) is 7.07. The Kier molecular flexibility index (Phi) is 5.92. The van der Waals surface area contributed by atoms with Crippen molar-refractivity contribution in [1.82, 2.24) is 0 Å². The molecule has 1 fully saturated rings. The van der Waals surface area contributed by atoms with Gasteiger partial charge in [0.05, 0.1) is 13.2 Å². The molecule has 0 amide bonds. The van der Waals surface area contributed by atoms with Crippen LogP contribution in [0.3, 0.4) is 0 Å². The molecule has 27 heavy (non-hydrogen) atoms. The van der Waals surface area contributed by atoms with Crippen LogP contribution in [0.25, 0.3) is 6.08 Å². The molecule has 136 valence electrons. The highest BCUT2D eigenvalue weighted by Crippen LogP contribution is 2.40. The van der Waals surface area contributed by atoms with E-state index in [0.29, 0.717) is 12.5 Å². The van der Waals surface area contributed by atoms with Crippen LogP contribution in [0.5, 0.6) is 0 Å². The number of halogens is 2. The van der Waals surface area contributed by atoms with Crippen LogP contribution < -0.4 is 0 Å². The zero-order valence-electron chi connectivity index (χ0n) is 14.8. The second-order valence-corrected chi connectivity index (χ2v) is 8.66. The SMILES string of the molecule is Brc1ccc(/C=C2/COC[C@@H]2[C@@H](c2ccccc2)c2ccc(Br)cc2)cc1. The van der Waals surface area contributed by atoms with E-state index in [1.807, 2.05) is 0 Å². The maximum absolute atomic E-state index is 5.93. The van der Waals surface area contributed by atoms with Gasteiger partial charge in [0.2, 0.25) is 0 Å². The van der Waals surface area contributed by atoms with Crippen molar-refractivity contribution in [1.29, 1.82) is 0 Å². The Labute approximate surface area is 177 Å². The number of rotatable bonds is 4. The van der Waals surface area contributed by atoms with Crippen LogP contribution in [-0.2, 0) is 4.74 Å². The molecular weight excluding hydrogens is 464 g/mol. The number of hydrogen-bond acceptors (Lipinski definition) is 1. The highest BCUT2D eigenvalue weighted by Gasteiger charge is 2.32. The summed E-state index contributed by atoms with van der Waals surface area (Å²) >= 11 is 7.07. The molecule has 0 bridgehead atoms. The van der Waals surface area contributed by atoms with Gasteiger partial charge in [0.15, 0.2) is 0 Å². The van der Waals surface area contributed by atoms with E-state index in [9.17, 15) is 0 Å². The molecule has 0 radical (unpaired) electrons. The Morgan fingerprint density at radius 3 is 2.04 bits per heavy atom. The second kappa shape index (κ2) is 8.55. The summed E-state index contributed by atoms with van der Waals surface area (Å²) in [6.07, 6.45) is 2.29. The van der Waals surface area contributed by atoms with E-state index in [-0.39, 0.29) is 5.92 Å². The van der Waals surface area contributed by atoms with Crippen molar-refractivity contribution in [3.63, 3.8) is 0 Å². The quantitative estimate of drug-likeness (QED) is 0.385. The fourth-order valence-electron chi connectivity index (χ4n) is 3.74. The minimum absolute atomic E-state index is 0.281. The van der Waals surface area contributed by atoms with Crippen LogP contribution in [-0.4, -0.2) is 13.2 Å². The summed E-state index contributed by atoms with van der Waals surface area (Å²) in [5.41, 5.74) is 5.22. The predicted molar refractivity (Wildman–Crippen MR) is 119 cm³/mol. The summed E-state index contributed by atoms with van der Waals surface area (Å²) < 4.78 is 8.13. The van der Waals surface area contributed by atoms with E-state index in [0.717, 1.165) is 15.6 Å². The van der Waals surface area contributed by atoms with Gasteiger partial charge in [-0.15, -0.1) is 0 Å². The summed E-state index contributed by atoms with van der Waals surface area (Å²) in [5.74, 6) is 0.612. The zero-order chi connectivity index (χ0) is 18.6. The van der Waals surface area contributed by atoms with Crippen LogP contribution in [0.2, 0.25) is 0 Å². The topological polar surface area (TPSA) is 9.23 Å². The Balaban J connectivity index is 1.74. The van der Waals surface area contributed by atoms with Crippen LogP contribution >= 0.6 is 31.9 Å². The van der Waals surface area contributed by atoms with E-state index in [2.05, 4.69) is 117 Å². The number of hydrogen-bond donors (Lipinski definition) is 0. The molecule has 1 aliphatic heterocycles. The van der Waals surface area contributed by atoms with Crippen LogP contribution in [0.15, 0.2) is 93.4 Å². The van der Waals surface area contributed by atoms with Crippen molar-refractivity contribution in [3.8, 4) is 0 Å². The third kappa shape index (κ3) is 4.43. The van der Waals surface area contributed by atoms with Gasteiger partial charge in [-0.3, -0.25) is 0 Å². The Bertz CT molecular complexity index is 915. The Hall–Kier alpha value is -1.68. The van der Waals surface area contributed by atoms with Gasteiger partial charge in [-0.1, -0.05) is 92.5 Å².